The summed E-state index contributed by atoms with van der Waals surface area (Å²) in [7, 11) is 0. The summed E-state index contributed by atoms with van der Waals surface area (Å²) in [6, 6.07) is 5.22. The van der Waals surface area contributed by atoms with Gasteiger partial charge in [-0.15, -0.1) is 0 Å². The van der Waals surface area contributed by atoms with Gasteiger partial charge in [0, 0.05) is 18.7 Å². The van der Waals surface area contributed by atoms with Crippen molar-refractivity contribution in [3.63, 3.8) is 0 Å². The lowest BCUT2D eigenvalue weighted by atomic mass is 10.0. The van der Waals surface area contributed by atoms with Crippen LogP contribution in [-0.2, 0) is 20.8 Å². The molecule has 0 aliphatic heterocycles. The van der Waals surface area contributed by atoms with Crippen molar-refractivity contribution in [2.24, 2.45) is 11.7 Å². The van der Waals surface area contributed by atoms with Gasteiger partial charge in [0.25, 0.3) is 0 Å². The first-order chi connectivity index (χ1) is 14.7. The molecule has 0 saturated heterocycles. The number of hydrogen-bond donors (Lipinski definition) is 5. The second kappa shape index (κ2) is 13.3. The van der Waals surface area contributed by atoms with Crippen molar-refractivity contribution in [3.8, 4) is 0 Å². The molecule has 1 rings (SSSR count). The normalized spacial score (nSPS) is 12.5. The number of nitrogens with two attached hydrogens (primary N) is 1. The van der Waals surface area contributed by atoms with Gasteiger partial charge in [-0.05, 0) is 42.9 Å². The molecule has 1 aromatic rings. The van der Waals surface area contributed by atoms with Crippen LogP contribution in [0.1, 0.15) is 52.5 Å². The van der Waals surface area contributed by atoms with E-state index < -0.39 is 24.0 Å². The first-order valence-corrected chi connectivity index (χ1v) is 10.7. The Balaban J connectivity index is 2.89. The fourth-order valence-electron chi connectivity index (χ4n) is 2.91. The van der Waals surface area contributed by atoms with Gasteiger partial charge in [-0.1, -0.05) is 39.8 Å². The number of carbonyl (C=O) groups excluding carboxylic acids is 4. The van der Waals surface area contributed by atoms with Crippen LogP contribution in [0.2, 0.25) is 0 Å². The fourth-order valence-corrected chi connectivity index (χ4v) is 2.91. The quantitative estimate of drug-likeness (QED) is 0.320. The summed E-state index contributed by atoms with van der Waals surface area (Å²) in [5.41, 5.74) is 6.84. The first kappa shape index (κ1) is 25.9. The molecule has 0 radical (unpaired) electrons. The zero-order valence-electron chi connectivity index (χ0n) is 18.8. The fraction of sp³-hybridized carbons (Fsp3) is 0.545. The van der Waals surface area contributed by atoms with Crippen molar-refractivity contribution in [1.29, 1.82) is 0 Å². The zero-order chi connectivity index (χ0) is 23.4. The lowest BCUT2D eigenvalue weighted by Crippen LogP contribution is -2.54. The van der Waals surface area contributed by atoms with Crippen molar-refractivity contribution >= 4 is 29.4 Å². The van der Waals surface area contributed by atoms with E-state index in [1.165, 1.54) is 0 Å². The molecule has 2 atom stereocenters. The monoisotopic (exact) mass is 433 g/mol. The second-order valence-electron chi connectivity index (χ2n) is 7.68. The molecule has 2 unspecified atom stereocenters. The molecule has 6 N–H and O–H groups in total. The van der Waals surface area contributed by atoms with E-state index in [1.54, 1.807) is 6.92 Å². The Kier molecular flexibility index (Phi) is 11.1. The van der Waals surface area contributed by atoms with E-state index in [1.807, 2.05) is 45.0 Å². The number of primary amides is 1. The second-order valence-corrected chi connectivity index (χ2v) is 7.68. The number of urea groups is 1. The van der Waals surface area contributed by atoms with Crippen LogP contribution in [0, 0.1) is 5.92 Å². The molecule has 31 heavy (non-hydrogen) atoms. The molecular formula is C22H35N5O4. The summed E-state index contributed by atoms with van der Waals surface area (Å²) in [4.78, 5) is 48.4. The van der Waals surface area contributed by atoms with E-state index in [-0.39, 0.29) is 37.1 Å². The highest BCUT2D eigenvalue weighted by molar-refractivity contribution is 5.98. The van der Waals surface area contributed by atoms with Gasteiger partial charge in [0.05, 0.1) is 0 Å². The lowest BCUT2D eigenvalue weighted by molar-refractivity contribution is -0.132. The first-order valence-electron chi connectivity index (χ1n) is 10.7. The van der Waals surface area contributed by atoms with E-state index in [4.69, 9.17) is 5.73 Å². The van der Waals surface area contributed by atoms with Crippen molar-refractivity contribution < 1.29 is 19.2 Å². The van der Waals surface area contributed by atoms with Crippen molar-refractivity contribution in [2.75, 3.05) is 11.9 Å². The molecule has 0 aromatic heterocycles. The third-order valence-corrected chi connectivity index (χ3v) is 4.82. The van der Waals surface area contributed by atoms with Crippen LogP contribution in [-0.4, -0.2) is 42.4 Å². The Morgan fingerprint density at radius 3 is 2.13 bits per heavy atom. The zero-order valence-corrected chi connectivity index (χ0v) is 18.8. The summed E-state index contributed by atoms with van der Waals surface area (Å²) in [5.74, 6) is -1.20. The van der Waals surface area contributed by atoms with Crippen LogP contribution in [0.4, 0.5) is 10.5 Å². The van der Waals surface area contributed by atoms with Crippen LogP contribution in [0.3, 0.4) is 0 Å². The molecule has 0 saturated carbocycles. The molecule has 172 valence electrons. The number of benzene rings is 1. The molecule has 1 aromatic carbocycles. The average molecular weight is 434 g/mol. The number of rotatable bonds is 12. The number of carbonyl (C=O) groups is 4. The number of amides is 5. The standard InChI is InChI=1S/C22H35N5O4/c1-5-15-9-11-16(12-10-15)25-20(29)17(8-7-13-24-22(23)31)26-21(30)19(14(3)4)27-18(28)6-2/h9-12,14,17,19H,5-8,13H2,1-4H3,(H,25,29)(H,26,30)(H,27,28)(H3,23,24,31). The molecule has 5 amide bonds. The van der Waals surface area contributed by atoms with Gasteiger partial charge in [-0.3, -0.25) is 14.4 Å². The molecular weight excluding hydrogens is 398 g/mol. The number of anilines is 1. The number of nitrogens with one attached hydrogen (secondary N) is 4. The van der Waals surface area contributed by atoms with Crippen LogP contribution < -0.4 is 27.0 Å². The van der Waals surface area contributed by atoms with Gasteiger partial charge in [0.15, 0.2) is 0 Å². The number of hydrogen-bond acceptors (Lipinski definition) is 4. The molecule has 0 fully saturated rings. The van der Waals surface area contributed by atoms with E-state index >= 15 is 0 Å². The van der Waals surface area contributed by atoms with Crippen LogP contribution in [0.5, 0.6) is 0 Å². The minimum atomic E-state index is -0.840. The predicted octanol–water partition coefficient (Wildman–Crippen LogP) is 1.67. The van der Waals surface area contributed by atoms with Gasteiger partial charge in [0.2, 0.25) is 17.7 Å². The van der Waals surface area contributed by atoms with Crippen LogP contribution in [0.15, 0.2) is 24.3 Å². The lowest BCUT2D eigenvalue weighted by Gasteiger charge is -2.25. The Hall–Kier alpha value is -3.10. The topological polar surface area (TPSA) is 142 Å². The maximum absolute atomic E-state index is 12.9. The summed E-state index contributed by atoms with van der Waals surface area (Å²) in [5, 5.41) is 10.7. The molecule has 0 bridgehead atoms. The minimum absolute atomic E-state index is 0.155. The maximum atomic E-state index is 12.9. The van der Waals surface area contributed by atoms with E-state index in [9.17, 15) is 19.2 Å². The van der Waals surface area contributed by atoms with Gasteiger partial charge in [-0.2, -0.15) is 0 Å². The highest BCUT2D eigenvalue weighted by Crippen LogP contribution is 2.12. The Morgan fingerprint density at radius 1 is 0.968 bits per heavy atom. The summed E-state index contributed by atoms with van der Waals surface area (Å²) >= 11 is 0. The Labute approximate surface area is 183 Å². The van der Waals surface area contributed by atoms with Crippen molar-refractivity contribution in [2.45, 2.75) is 65.5 Å². The summed E-state index contributed by atoms with van der Waals surface area (Å²) in [6.45, 7) is 7.67. The average Bonchev–Trinajstić information content (AvgIpc) is 2.73. The van der Waals surface area contributed by atoms with Gasteiger partial charge in [0.1, 0.15) is 12.1 Å². The third kappa shape index (κ3) is 9.50. The predicted molar refractivity (Wildman–Crippen MR) is 120 cm³/mol. The molecule has 9 heteroatoms. The van der Waals surface area contributed by atoms with Crippen LogP contribution >= 0.6 is 0 Å². The highest BCUT2D eigenvalue weighted by atomic mass is 16.2. The SMILES string of the molecule is CCC(=O)NC(C(=O)NC(CCCNC(N)=O)C(=O)Nc1ccc(CC)cc1)C(C)C. The third-order valence-electron chi connectivity index (χ3n) is 4.82. The van der Waals surface area contributed by atoms with Gasteiger partial charge in [-0.25, -0.2) is 4.79 Å². The van der Waals surface area contributed by atoms with Gasteiger partial charge >= 0.3 is 6.03 Å². The Morgan fingerprint density at radius 2 is 1.61 bits per heavy atom. The molecule has 0 aliphatic carbocycles. The minimum Gasteiger partial charge on any atom is -0.352 e. The van der Waals surface area contributed by atoms with Crippen molar-refractivity contribution in [1.82, 2.24) is 16.0 Å². The molecule has 0 spiro atoms. The maximum Gasteiger partial charge on any atom is 0.312 e. The van der Waals surface area contributed by atoms with E-state index in [2.05, 4.69) is 21.3 Å². The summed E-state index contributed by atoms with van der Waals surface area (Å²) in [6.07, 6.45) is 1.87. The highest BCUT2D eigenvalue weighted by Gasteiger charge is 2.28. The molecule has 9 nitrogen and oxygen atoms in total. The number of aryl methyl sites for hydroxylation is 1. The largest absolute Gasteiger partial charge is 0.352 e. The molecule has 0 aliphatic rings. The van der Waals surface area contributed by atoms with Crippen LogP contribution in [0.25, 0.3) is 0 Å². The van der Waals surface area contributed by atoms with E-state index in [0.717, 1.165) is 12.0 Å². The van der Waals surface area contributed by atoms with Crippen molar-refractivity contribution in [3.05, 3.63) is 29.8 Å². The Bertz CT molecular complexity index is 749. The molecule has 0 heterocycles. The smallest absolute Gasteiger partial charge is 0.312 e. The van der Waals surface area contributed by atoms with Gasteiger partial charge < -0.3 is 27.0 Å². The summed E-state index contributed by atoms with van der Waals surface area (Å²) < 4.78 is 0. The van der Waals surface area contributed by atoms with E-state index in [0.29, 0.717) is 12.1 Å².